The van der Waals surface area contributed by atoms with Crippen LogP contribution in [0.1, 0.15) is 17.5 Å². The van der Waals surface area contributed by atoms with E-state index in [1.807, 2.05) is 0 Å². The fourth-order valence-corrected chi connectivity index (χ4v) is 5.00. The molecule has 1 fully saturated rings. The van der Waals surface area contributed by atoms with Crippen molar-refractivity contribution in [3.8, 4) is 5.75 Å². The molecule has 0 aromatic heterocycles. The summed E-state index contributed by atoms with van der Waals surface area (Å²) >= 11 is 6.09. The maximum Gasteiger partial charge on any atom is 0.227 e. The van der Waals surface area contributed by atoms with E-state index in [2.05, 4.69) is 0 Å². The van der Waals surface area contributed by atoms with Gasteiger partial charge in [-0.05, 0) is 18.6 Å². The van der Waals surface area contributed by atoms with Crippen LogP contribution in [-0.2, 0) is 32.4 Å². The fourth-order valence-electron chi connectivity index (χ4n) is 2.96. The minimum absolute atomic E-state index is 0.0350. The van der Waals surface area contributed by atoms with Crippen LogP contribution in [0.4, 0.5) is 0 Å². The number of nitrogens with zero attached hydrogens (tertiary/aromatic N) is 1. The number of sulfone groups is 1. The van der Waals surface area contributed by atoms with Gasteiger partial charge in [0.15, 0.2) is 16.6 Å². The summed E-state index contributed by atoms with van der Waals surface area (Å²) < 4.78 is 33.9. The van der Waals surface area contributed by atoms with Crippen molar-refractivity contribution in [3.05, 3.63) is 28.3 Å². The van der Waals surface area contributed by atoms with Gasteiger partial charge in [0.25, 0.3) is 0 Å². The number of likely N-dealkylation sites (N-methyl/N-ethyl adjacent to an activating group) is 1. The van der Waals surface area contributed by atoms with E-state index < -0.39 is 9.84 Å². The molecule has 1 aromatic carbocycles. The van der Waals surface area contributed by atoms with Gasteiger partial charge in [-0.3, -0.25) is 4.79 Å². The van der Waals surface area contributed by atoms with Crippen molar-refractivity contribution in [2.45, 2.75) is 25.5 Å². The highest BCUT2D eigenvalue weighted by molar-refractivity contribution is 7.91. The number of halogens is 1. The molecule has 1 unspecified atom stereocenters. The zero-order valence-corrected chi connectivity index (χ0v) is 14.3. The van der Waals surface area contributed by atoms with Gasteiger partial charge < -0.3 is 14.4 Å². The van der Waals surface area contributed by atoms with Crippen LogP contribution >= 0.6 is 11.6 Å². The molecule has 6 nitrogen and oxygen atoms in total. The van der Waals surface area contributed by atoms with Crippen LogP contribution in [0.2, 0.25) is 5.02 Å². The monoisotopic (exact) mass is 359 g/mol. The van der Waals surface area contributed by atoms with Crippen LogP contribution in [0.3, 0.4) is 0 Å². The molecule has 1 amide bonds. The summed E-state index contributed by atoms with van der Waals surface area (Å²) in [5.41, 5.74) is 1.52. The first kappa shape index (κ1) is 16.5. The average Bonchev–Trinajstić information content (AvgIpc) is 2.86. The van der Waals surface area contributed by atoms with E-state index in [1.54, 1.807) is 19.2 Å². The molecule has 0 N–H and O–H groups in total. The van der Waals surface area contributed by atoms with Crippen molar-refractivity contribution in [2.75, 3.05) is 25.3 Å². The summed E-state index contributed by atoms with van der Waals surface area (Å²) in [5, 5.41) is 0.520. The predicted molar refractivity (Wildman–Crippen MR) is 85.3 cm³/mol. The number of benzene rings is 1. The molecule has 1 aromatic rings. The molecule has 0 spiro atoms. The molecule has 2 aliphatic rings. The number of fused-ring (bicyclic) bond motifs is 1. The second-order valence-corrected chi connectivity index (χ2v) is 8.57. The summed E-state index contributed by atoms with van der Waals surface area (Å²) in [6.45, 7) is 0.542. The minimum Gasteiger partial charge on any atom is -0.467 e. The van der Waals surface area contributed by atoms with Crippen molar-refractivity contribution in [2.24, 2.45) is 0 Å². The van der Waals surface area contributed by atoms with Gasteiger partial charge in [0.2, 0.25) is 5.91 Å². The van der Waals surface area contributed by atoms with Crippen LogP contribution in [0.5, 0.6) is 5.75 Å². The zero-order valence-electron chi connectivity index (χ0n) is 12.7. The lowest BCUT2D eigenvalue weighted by molar-refractivity contribution is -0.130. The largest absolute Gasteiger partial charge is 0.467 e. The molecule has 3 rings (SSSR count). The highest BCUT2D eigenvalue weighted by Crippen LogP contribution is 2.32. The molecule has 126 valence electrons. The second-order valence-electron chi connectivity index (χ2n) is 5.90. The van der Waals surface area contributed by atoms with Gasteiger partial charge in [0, 0.05) is 29.2 Å². The summed E-state index contributed by atoms with van der Waals surface area (Å²) in [6.07, 6.45) is 0.610. The van der Waals surface area contributed by atoms with E-state index in [0.29, 0.717) is 29.4 Å². The molecule has 23 heavy (non-hydrogen) atoms. The normalized spacial score (nSPS) is 22.3. The molecule has 0 bridgehead atoms. The second kappa shape index (κ2) is 6.30. The Morgan fingerprint density at radius 3 is 2.91 bits per heavy atom. The van der Waals surface area contributed by atoms with Gasteiger partial charge in [-0.15, -0.1) is 0 Å². The van der Waals surface area contributed by atoms with E-state index >= 15 is 0 Å². The first-order valence-electron chi connectivity index (χ1n) is 7.33. The van der Waals surface area contributed by atoms with Crippen molar-refractivity contribution in [1.29, 1.82) is 0 Å². The molecule has 2 heterocycles. The third-order valence-electron chi connectivity index (χ3n) is 4.24. The third kappa shape index (κ3) is 3.62. The van der Waals surface area contributed by atoms with Gasteiger partial charge in [0.05, 0.1) is 24.5 Å². The molecule has 0 aliphatic carbocycles. The Kier molecular flexibility index (Phi) is 4.53. The summed E-state index contributed by atoms with van der Waals surface area (Å²) in [5.74, 6) is 0.670. The Morgan fingerprint density at radius 2 is 2.22 bits per heavy atom. The van der Waals surface area contributed by atoms with Gasteiger partial charge in [0.1, 0.15) is 5.75 Å². The van der Waals surface area contributed by atoms with Gasteiger partial charge in [-0.1, -0.05) is 11.6 Å². The Balaban J connectivity index is 1.77. The maximum absolute atomic E-state index is 12.5. The fraction of sp³-hybridized carbons (Fsp3) is 0.533. The van der Waals surface area contributed by atoms with Crippen LogP contribution < -0.4 is 4.74 Å². The molecule has 1 atom stereocenters. The third-order valence-corrected chi connectivity index (χ3v) is 6.21. The van der Waals surface area contributed by atoms with Gasteiger partial charge in [-0.25, -0.2) is 8.42 Å². The number of carbonyl (C=O) groups is 1. The summed E-state index contributed by atoms with van der Waals surface area (Å²) in [4.78, 5) is 14.0. The number of rotatable bonds is 3. The van der Waals surface area contributed by atoms with Crippen molar-refractivity contribution < 1.29 is 22.7 Å². The summed E-state index contributed by atoms with van der Waals surface area (Å²) in [6, 6.07) is 3.21. The lowest BCUT2D eigenvalue weighted by atomic mass is 10.0. The highest BCUT2D eigenvalue weighted by Gasteiger charge is 2.33. The van der Waals surface area contributed by atoms with E-state index in [9.17, 15) is 13.2 Å². The molecule has 2 aliphatic heterocycles. The minimum atomic E-state index is -3.02. The molecule has 0 saturated carbocycles. The number of amides is 1. The number of hydrogen-bond donors (Lipinski definition) is 0. The Bertz CT molecular complexity index is 734. The Morgan fingerprint density at radius 1 is 1.43 bits per heavy atom. The predicted octanol–water partition coefficient (Wildman–Crippen LogP) is 1.39. The van der Waals surface area contributed by atoms with Crippen LogP contribution in [0, 0.1) is 0 Å². The number of carbonyl (C=O) groups excluding carboxylic acids is 1. The maximum atomic E-state index is 12.5. The smallest absolute Gasteiger partial charge is 0.227 e. The number of hydrogen-bond acceptors (Lipinski definition) is 5. The quantitative estimate of drug-likeness (QED) is 0.815. The van der Waals surface area contributed by atoms with Gasteiger partial charge >= 0.3 is 0 Å². The standard InChI is InChI=1S/C15H18ClNO5S/c1-17(13-2-3-23(19,20)8-13)14(18)6-10-4-12(16)5-11-7-21-9-22-15(10)11/h4-5,13H,2-3,6-9H2,1H3. The molecule has 0 radical (unpaired) electrons. The lowest BCUT2D eigenvalue weighted by Crippen LogP contribution is -2.38. The first-order valence-corrected chi connectivity index (χ1v) is 9.53. The highest BCUT2D eigenvalue weighted by atomic mass is 35.5. The lowest BCUT2D eigenvalue weighted by Gasteiger charge is -2.25. The van der Waals surface area contributed by atoms with E-state index in [0.717, 1.165) is 5.56 Å². The average molecular weight is 360 g/mol. The summed E-state index contributed by atoms with van der Waals surface area (Å²) in [7, 11) is -1.38. The molecule has 1 saturated heterocycles. The van der Waals surface area contributed by atoms with Crippen molar-refractivity contribution in [3.63, 3.8) is 0 Å². The number of ether oxygens (including phenoxy) is 2. The van der Waals surface area contributed by atoms with E-state index in [4.69, 9.17) is 21.1 Å². The van der Waals surface area contributed by atoms with Crippen LogP contribution in [0.15, 0.2) is 12.1 Å². The van der Waals surface area contributed by atoms with Gasteiger partial charge in [-0.2, -0.15) is 0 Å². The molecular formula is C15H18ClNO5S. The zero-order chi connectivity index (χ0) is 16.6. The van der Waals surface area contributed by atoms with Crippen LogP contribution in [-0.4, -0.2) is 50.6 Å². The van der Waals surface area contributed by atoms with E-state index in [1.165, 1.54) is 4.90 Å². The Labute approximate surface area is 140 Å². The van der Waals surface area contributed by atoms with Crippen molar-refractivity contribution in [1.82, 2.24) is 4.90 Å². The van der Waals surface area contributed by atoms with E-state index in [-0.39, 0.29) is 36.7 Å². The van der Waals surface area contributed by atoms with Crippen molar-refractivity contribution >= 4 is 27.3 Å². The topological polar surface area (TPSA) is 72.9 Å². The first-order chi connectivity index (χ1) is 10.9. The molecular weight excluding hydrogens is 342 g/mol. The SMILES string of the molecule is CN(C(=O)Cc1cc(Cl)cc2c1OCOC2)C1CCS(=O)(=O)C1. The molecule has 8 heteroatoms. The Hall–Kier alpha value is -1.31. The van der Waals surface area contributed by atoms with Crippen LogP contribution in [0.25, 0.3) is 0 Å².